The first-order chi connectivity index (χ1) is 9.15. The third-order valence-corrected chi connectivity index (χ3v) is 6.56. The molecule has 5 unspecified atom stereocenters. The van der Waals surface area contributed by atoms with Crippen molar-refractivity contribution in [3.63, 3.8) is 0 Å². The lowest BCUT2D eigenvalue weighted by atomic mass is 9.97. The Morgan fingerprint density at radius 1 is 1.11 bits per heavy atom. The van der Waals surface area contributed by atoms with Gasteiger partial charge in [0.15, 0.2) is 11.6 Å². The second-order valence-electron chi connectivity index (χ2n) is 6.53. The third-order valence-electron chi connectivity index (χ3n) is 5.63. The van der Waals surface area contributed by atoms with Crippen molar-refractivity contribution in [1.82, 2.24) is 0 Å². The molecule has 0 N–H and O–H groups in total. The first-order valence-electron chi connectivity index (χ1n) is 7.23. The van der Waals surface area contributed by atoms with Crippen LogP contribution in [0.5, 0.6) is 0 Å². The molecule has 19 heavy (non-hydrogen) atoms. The molecule has 1 aromatic carbocycles. The first-order valence-corrected chi connectivity index (χ1v) is 8.14. The molecule has 3 aliphatic carbocycles. The van der Waals surface area contributed by atoms with Crippen molar-refractivity contribution in [3.8, 4) is 0 Å². The molecule has 5 atom stereocenters. The van der Waals surface area contributed by atoms with Gasteiger partial charge in [-0.1, -0.05) is 22.0 Å². The number of hydrogen-bond acceptors (Lipinski definition) is 0. The van der Waals surface area contributed by atoms with Crippen LogP contribution >= 0.6 is 15.9 Å². The van der Waals surface area contributed by atoms with Crippen LogP contribution in [-0.2, 0) is 6.42 Å². The lowest BCUT2D eigenvalue weighted by Gasteiger charge is -2.14. The predicted molar refractivity (Wildman–Crippen MR) is 74.1 cm³/mol. The predicted octanol–water partition coefficient (Wildman–Crippen LogP) is 4.56. The maximum Gasteiger partial charge on any atom is 0.159 e. The smallest absolute Gasteiger partial charge is 0.159 e. The molecule has 3 heteroatoms. The largest absolute Gasteiger partial charge is 0.204 e. The molecule has 3 fully saturated rings. The maximum absolute atomic E-state index is 13.2. The van der Waals surface area contributed by atoms with E-state index in [0.29, 0.717) is 4.83 Å². The Balaban J connectivity index is 1.45. The van der Waals surface area contributed by atoms with Crippen LogP contribution < -0.4 is 0 Å². The first kappa shape index (κ1) is 12.3. The lowest BCUT2D eigenvalue weighted by molar-refractivity contribution is 0.454. The van der Waals surface area contributed by atoms with Gasteiger partial charge in [-0.05, 0) is 73.0 Å². The van der Waals surface area contributed by atoms with E-state index in [4.69, 9.17) is 0 Å². The van der Waals surface area contributed by atoms with Crippen molar-refractivity contribution in [2.75, 3.05) is 0 Å². The topological polar surface area (TPSA) is 0 Å². The normalized spacial score (nSPS) is 40.3. The molecule has 1 aromatic rings. The summed E-state index contributed by atoms with van der Waals surface area (Å²) in [6.07, 6.45) is 5.12. The van der Waals surface area contributed by atoms with Gasteiger partial charge in [-0.15, -0.1) is 0 Å². The summed E-state index contributed by atoms with van der Waals surface area (Å²) in [5, 5.41) is 0. The number of fused-ring (bicyclic) bond motifs is 5. The van der Waals surface area contributed by atoms with Crippen molar-refractivity contribution >= 4 is 15.9 Å². The molecule has 0 nitrogen and oxygen atoms in total. The Morgan fingerprint density at radius 2 is 1.79 bits per heavy atom. The summed E-state index contributed by atoms with van der Waals surface area (Å²) >= 11 is 3.81. The molecule has 0 radical (unpaired) electrons. The van der Waals surface area contributed by atoms with E-state index in [1.807, 2.05) is 0 Å². The molecule has 0 aromatic heterocycles. The van der Waals surface area contributed by atoms with Crippen LogP contribution in [0.1, 0.15) is 24.8 Å². The SMILES string of the molecule is Fc1ccc(CC(Br)C2C3C4CCC(C4)C23)cc1F. The van der Waals surface area contributed by atoms with Gasteiger partial charge in [0.1, 0.15) is 0 Å². The Morgan fingerprint density at radius 3 is 2.42 bits per heavy atom. The van der Waals surface area contributed by atoms with Gasteiger partial charge in [0.2, 0.25) is 0 Å². The minimum absolute atomic E-state index is 0.427. The van der Waals surface area contributed by atoms with Crippen LogP contribution in [0.15, 0.2) is 18.2 Å². The zero-order chi connectivity index (χ0) is 13.1. The second kappa shape index (κ2) is 4.28. The molecule has 0 spiro atoms. The summed E-state index contributed by atoms with van der Waals surface area (Å²) < 4.78 is 26.1. The summed E-state index contributed by atoms with van der Waals surface area (Å²) in [5.41, 5.74) is 0.901. The molecule has 2 bridgehead atoms. The second-order valence-corrected chi connectivity index (χ2v) is 7.71. The van der Waals surface area contributed by atoms with Gasteiger partial charge in [-0.2, -0.15) is 0 Å². The van der Waals surface area contributed by atoms with E-state index in [-0.39, 0.29) is 0 Å². The van der Waals surface area contributed by atoms with E-state index in [9.17, 15) is 8.78 Å². The lowest BCUT2D eigenvalue weighted by Crippen LogP contribution is -2.12. The van der Waals surface area contributed by atoms with Gasteiger partial charge in [0.05, 0.1) is 0 Å². The molecule has 3 aliphatic rings. The molecule has 4 rings (SSSR count). The van der Waals surface area contributed by atoms with E-state index in [1.54, 1.807) is 6.07 Å². The highest BCUT2D eigenvalue weighted by atomic mass is 79.9. The van der Waals surface area contributed by atoms with Crippen LogP contribution in [-0.4, -0.2) is 4.83 Å². The quantitative estimate of drug-likeness (QED) is 0.714. The molecule has 0 heterocycles. The zero-order valence-corrected chi connectivity index (χ0v) is 12.2. The highest BCUT2D eigenvalue weighted by Crippen LogP contribution is 2.71. The Hall–Kier alpha value is -0.440. The Labute approximate surface area is 120 Å². The van der Waals surface area contributed by atoms with Gasteiger partial charge in [-0.25, -0.2) is 8.78 Å². The molecule has 0 saturated heterocycles. The van der Waals surface area contributed by atoms with Crippen LogP contribution in [0.3, 0.4) is 0 Å². The van der Waals surface area contributed by atoms with E-state index in [1.165, 1.54) is 31.4 Å². The monoisotopic (exact) mass is 326 g/mol. The molecule has 0 amide bonds. The average Bonchev–Trinajstić information content (AvgIpc) is 2.83. The number of rotatable bonds is 3. The van der Waals surface area contributed by atoms with Crippen molar-refractivity contribution < 1.29 is 8.78 Å². The highest BCUT2D eigenvalue weighted by molar-refractivity contribution is 9.09. The van der Waals surface area contributed by atoms with Crippen LogP contribution in [0.25, 0.3) is 0 Å². The van der Waals surface area contributed by atoms with E-state index in [0.717, 1.165) is 41.6 Å². The minimum Gasteiger partial charge on any atom is -0.204 e. The van der Waals surface area contributed by atoms with Crippen molar-refractivity contribution in [2.24, 2.45) is 29.6 Å². The zero-order valence-electron chi connectivity index (χ0n) is 10.7. The fraction of sp³-hybridized carbons (Fsp3) is 0.625. The van der Waals surface area contributed by atoms with Gasteiger partial charge in [-0.3, -0.25) is 0 Å². The number of benzene rings is 1. The Bertz CT molecular complexity index is 499. The van der Waals surface area contributed by atoms with Gasteiger partial charge in [0, 0.05) is 4.83 Å². The molecule has 0 aliphatic heterocycles. The van der Waals surface area contributed by atoms with Gasteiger partial charge < -0.3 is 0 Å². The highest BCUT2D eigenvalue weighted by Gasteiger charge is 2.66. The summed E-state index contributed by atoms with van der Waals surface area (Å²) in [6, 6.07) is 4.29. The van der Waals surface area contributed by atoms with E-state index < -0.39 is 11.6 Å². The van der Waals surface area contributed by atoms with Gasteiger partial charge >= 0.3 is 0 Å². The maximum atomic E-state index is 13.2. The summed E-state index contributed by atoms with van der Waals surface area (Å²) in [5.74, 6) is 3.07. The fourth-order valence-electron chi connectivity index (χ4n) is 4.90. The average molecular weight is 327 g/mol. The molecule has 3 saturated carbocycles. The number of hydrogen-bond donors (Lipinski definition) is 0. The van der Waals surface area contributed by atoms with Crippen molar-refractivity contribution in [1.29, 1.82) is 0 Å². The minimum atomic E-state index is -0.754. The van der Waals surface area contributed by atoms with Crippen molar-refractivity contribution in [2.45, 2.75) is 30.5 Å². The van der Waals surface area contributed by atoms with Crippen LogP contribution in [0, 0.1) is 41.2 Å². The number of alkyl halides is 1. The number of halogens is 3. The van der Waals surface area contributed by atoms with E-state index >= 15 is 0 Å². The summed E-state index contributed by atoms with van der Waals surface area (Å²) in [4.78, 5) is 0.427. The summed E-state index contributed by atoms with van der Waals surface area (Å²) in [6.45, 7) is 0. The summed E-state index contributed by atoms with van der Waals surface area (Å²) in [7, 11) is 0. The van der Waals surface area contributed by atoms with Crippen LogP contribution in [0.4, 0.5) is 8.78 Å². The molecule has 102 valence electrons. The van der Waals surface area contributed by atoms with Crippen molar-refractivity contribution in [3.05, 3.63) is 35.4 Å². The van der Waals surface area contributed by atoms with Gasteiger partial charge in [0.25, 0.3) is 0 Å². The van der Waals surface area contributed by atoms with Crippen LogP contribution in [0.2, 0.25) is 0 Å². The fourth-order valence-corrected chi connectivity index (χ4v) is 5.98. The molecular weight excluding hydrogens is 310 g/mol. The third kappa shape index (κ3) is 1.88. The van der Waals surface area contributed by atoms with E-state index in [2.05, 4.69) is 15.9 Å². The molecular formula is C16H17BrF2. The Kier molecular flexibility index (Phi) is 2.77. The standard InChI is InChI=1S/C16H17BrF2/c17-11(5-8-1-4-12(18)13(19)6-8)16-14-9-2-3-10(7-9)15(14)16/h1,4,6,9-11,14-16H,2-3,5,7H2.